The Labute approximate surface area is 121 Å². The molecule has 0 aliphatic heterocycles. The molecule has 1 amide bonds. The van der Waals surface area contributed by atoms with Gasteiger partial charge in [-0.3, -0.25) is 4.79 Å². The zero-order valence-corrected chi connectivity index (χ0v) is 12.8. The maximum Gasteiger partial charge on any atom is 0.227 e. The van der Waals surface area contributed by atoms with Crippen LogP contribution in [0.25, 0.3) is 0 Å². The van der Waals surface area contributed by atoms with Crippen molar-refractivity contribution < 1.29 is 4.79 Å². The molecule has 4 nitrogen and oxygen atoms in total. The molecule has 1 rings (SSSR count). The number of amides is 1. The van der Waals surface area contributed by atoms with Crippen LogP contribution < -0.4 is 0 Å². The minimum atomic E-state index is 0.131. The van der Waals surface area contributed by atoms with Crippen molar-refractivity contribution in [2.75, 3.05) is 27.2 Å². The number of carbonyl (C=O) groups is 1. The van der Waals surface area contributed by atoms with Gasteiger partial charge in [0, 0.05) is 19.1 Å². The summed E-state index contributed by atoms with van der Waals surface area (Å²) in [7, 11) is 4.02. The van der Waals surface area contributed by atoms with E-state index in [0.717, 1.165) is 12.1 Å². The predicted octanol–water partition coefficient (Wildman–Crippen LogP) is 1.90. The van der Waals surface area contributed by atoms with Gasteiger partial charge in [-0.05, 0) is 45.6 Å². The molecular formula is C16H23N3O. The van der Waals surface area contributed by atoms with Crippen molar-refractivity contribution in [2.45, 2.75) is 26.3 Å². The van der Waals surface area contributed by atoms with Crippen molar-refractivity contribution in [1.82, 2.24) is 9.80 Å². The molecule has 0 heterocycles. The molecule has 0 aromatic heterocycles. The van der Waals surface area contributed by atoms with Gasteiger partial charge in [0.05, 0.1) is 18.1 Å². The Bertz CT molecular complexity index is 473. The second-order valence-electron chi connectivity index (χ2n) is 5.28. The molecule has 1 unspecified atom stereocenters. The first-order valence-electron chi connectivity index (χ1n) is 6.91. The average molecular weight is 273 g/mol. The Balaban J connectivity index is 2.69. The lowest BCUT2D eigenvalue weighted by Gasteiger charge is -2.30. The van der Waals surface area contributed by atoms with Crippen LogP contribution in [0.5, 0.6) is 0 Å². The van der Waals surface area contributed by atoms with E-state index in [-0.39, 0.29) is 11.9 Å². The molecule has 0 aliphatic rings. The highest BCUT2D eigenvalue weighted by atomic mass is 16.2. The number of carbonyl (C=O) groups excluding carboxylic acids is 1. The summed E-state index contributed by atoms with van der Waals surface area (Å²) in [6, 6.07) is 9.48. The molecule has 0 radical (unpaired) electrons. The normalized spacial score (nSPS) is 12.0. The lowest BCUT2D eigenvalue weighted by molar-refractivity contribution is -0.132. The Morgan fingerprint density at radius 3 is 2.35 bits per heavy atom. The van der Waals surface area contributed by atoms with Gasteiger partial charge >= 0.3 is 0 Å². The van der Waals surface area contributed by atoms with Crippen molar-refractivity contribution in [3.63, 3.8) is 0 Å². The van der Waals surface area contributed by atoms with E-state index in [1.807, 2.05) is 38.1 Å². The van der Waals surface area contributed by atoms with E-state index in [0.29, 0.717) is 18.5 Å². The molecule has 1 aromatic carbocycles. The van der Waals surface area contributed by atoms with Crippen molar-refractivity contribution in [3.8, 4) is 6.07 Å². The van der Waals surface area contributed by atoms with Crippen LogP contribution in [0.1, 0.15) is 25.0 Å². The van der Waals surface area contributed by atoms with Crippen LogP contribution in [0.2, 0.25) is 0 Å². The number of nitrogens with zero attached hydrogens (tertiary/aromatic N) is 3. The third-order valence-electron chi connectivity index (χ3n) is 3.26. The third kappa shape index (κ3) is 4.67. The minimum absolute atomic E-state index is 0.131. The van der Waals surface area contributed by atoms with Gasteiger partial charge in [0.25, 0.3) is 0 Å². The summed E-state index contributed by atoms with van der Waals surface area (Å²) in [5.74, 6) is 0.131. The average Bonchev–Trinajstić information content (AvgIpc) is 2.39. The summed E-state index contributed by atoms with van der Waals surface area (Å²) >= 11 is 0. The fourth-order valence-electron chi connectivity index (χ4n) is 2.33. The van der Waals surface area contributed by atoms with Gasteiger partial charge in [-0.1, -0.05) is 12.1 Å². The van der Waals surface area contributed by atoms with Crippen LogP contribution in [-0.4, -0.2) is 48.9 Å². The fourth-order valence-corrected chi connectivity index (χ4v) is 2.33. The summed E-state index contributed by atoms with van der Waals surface area (Å²) in [4.78, 5) is 16.4. The highest BCUT2D eigenvalue weighted by molar-refractivity contribution is 5.79. The lowest BCUT2D eigenvalue weighted by atomic mass is 10.1. The first-order valence-corrected chi connectivity index (χ1v) is 6.91. The molecule has 1 atom stereocenters. The van der Waals surface area contributed by atoms with Crippen LogP contribution in [0, 0.1) is 11.3 Å². The Hall–Kier alpha value is -1.86. The van der Waals surface area contributed by atoms with Crippen molar-refractivity contribution in [3.05, 3.63) is 35.4 Å². The quantitative estimate of drug-likeness (QED) is 0.795. The van der Waals surface area contributed by atoms with Crippen molar-refractivity contribution >= 4 is 5.91 Å². The molecular weight excluding hydrogens is 250 g/mol. The number of rotatable bonds is 6. The van der Waals surface area contributed by atoms with E-state index in [1.54, 1.807) is 12.1 Å². The van der Waals surface area contributed by atoms with Crippen molar-refractivity contribution in [1.29, 1.82) is 5.26 Å². The summed E-state index contributed by atoms with van der Waals surface area (Å²) in [5, 5.41) is 8.76. The van der Waals surface area contributed by atoms with Crippen LogP contribution >= 0.6 is 0 Å². The second-order valence-corrected chi connectivity index (χ2v) is 5.28. The smallest absolute Gasteiger partial charge is 0.227 e. The first-order chi connectivity index (χ1) is 9.47. The van der Waals surface area contributed by atoms with Gasteiger partial charge in [-0.2, -0.15) is 5.26 Å². The van der Waals surface area contributed by atoms with Gasteiger partial charge < -0.3 is 9.80 Å². The number of hydrogen-bond donors (Lipinski definition) is 0. The molecule has 20 heavy (non-hydrogen) atoms. The third-order valence-corrected chi connectivity index (χ3v) is 3.26. The largest absolute Gasteiger partial charge is 0.339 e. The minimum Gasteiger partial charge on any atom is -0.339 e. The van der Waals surface area contributed by atoms with Gasteiger partial charge in [-0.25, -0.2) is 0 Å². The number of hydrogen-bond acceptors (Lipinski definition) is 3. The molecule has 0 saturated heterocycles. The van der Waals surface area contributed by atoms with E-state index in [9.17, 15) is 4.79 Å². The van der Waals surface area contributed by atoms with E-state index in [2.05, 4.69) is 17.9 Å². The van der Waals surface area contributed by atoms with E-state index in [1.165, 1.54) is 0 Å². The van der Waals surface area contributed by atoms with E-state index >= 15 is 0 Å². The molecule has 0 aliphatic carbocycles. The van der Waals surface area contributed by atoms with Crippen molar-refractivity contribution in [2.24, 2.45) is 0 Å². The van der Waals surface area contributed by atoms with Crippen LogP contribution in [0.15, 0.2) is 24.3 Å². The van der Waals surface area contributed by atoms with Gasteiger partial charge in [-0.15, -0.1) is 0 Å². The second kappa shape index (κ2) is 7.66. The SMILES string of the molecule is CCN(C(=O)Cc1ccc(C#N)cc1)C(C)CN(C)C. The van der Waals surface area contributed by atoms with Gasteiger partial charge in [0.2, 0.25) is 5.91 Å². The van der Waals surface area contributed by atoms with Crippen LogP contribution in [-0.2, 0) is 11.2 Å². The Morgan fingerprint density at radius 2 is 1.90 bits per heavy atom. The Kier molecular flexibility index (Phi) is 6.20. The highest BCUT2D eigenvalue weighted by Gasteiger charge is 2.19. The first kappa shape index (κ1) is 16.2. The summed E-state index contributed by atoms with van der Waals surface area (Å²) < 4.78 is 0. The number of nitriles is 1. The lowest BCUT2D eigenvalue weighted by Crippen LogP contribution is -2.44. The van der Waals surface area contributed by atoms with E-state index in [4.69, 9.17) is 5.26 Å². The zero-order valence-electron chi connectivity index (χ0n) is 12.8. The molecule has 0 saturated carbocycles. The monoisotopic (exact) mass is 273 g/mol. The van der Waals surface area contributed by atoms with E-state index < -0.39 is 0 Å². The van der Waals surface area contributed by atoms with Crippen LogP contribution in [0.3, 0.4) is 0 Å². The fraction of sp³-hybridized carbons (Fsp3) is 0.500. The number of likely N-dealkylation sites (N-methyl/N-ethyl adjacent to an activating group) is 2. The zero-order chi connectivity index (χ0) is 15.1. The molecule has 0 fully saturated rings. The molecule has 1 aromatic rings. The summed E-state index contributed by atoms with van der Waals surface area (Å²) in [6.45, 7) is 5.64. The maximum atomic E-state index is 12.4. The van der Waals surface area contributed by atoms with Gasteiger partial charge in [0.1, 0.15) is 0 Å². The Morgan fingerprint density at radius 1 is 1.30 bits per heavy atom. The van der Waals surface area contributed by atoms with Gasteiger partial charge in [0.15, 0.2) is 0 Å². The molecule has 0 bridgehead atoms. The molecule has 0 spiro atoms. The topological polar surface area (TPSA) is 47.3 Å². The standard InChI is InChI=1S/C16H23N3O/c1-5-19(13(2)12-18(3)4)16(20)10-14-6-8-15(11-17)9-7-14/h6-9,13H,5,10,12H2,1-4H3. The number of benzene rings is 1. The maximum absolute atomic E-state index is 12.4. The summed E-state index contributed by atoms with van der Waals surface area (Å²) in [6.07, 6.45) is 0.386. The summed E-state index contributed by atoms with van der Waals surface area (Å²) in [5.41, 5.74) is 1.57. The highest BCUT2D eigenvalue weighted by Crippen LogP contribution is 2.08. The predicted molar refractivity (Wildman–Crippen MR) is 80.3 cm³/mol. The molecule has 4 heteroatoms. The molecule has 0 N–H and O–H groups in total. The van der Waals surface area contributed by atoms with Crippen LogP contribution in [0.4, 0.5) is 0 Å². The molecule has 108 valence electrons.